The molecule has 1 unspecified atom stereocenters. The summed E-state index contributed by atoms with van der Waals surface area (Å²) in [6.07, 6.45) is 5.01. The maximum absolute atomic E-state index is 5.75. The van der Waals surface area contributed by atoms with Crippen LogP contribution in [0.1, 0.15) is 39.5 Å². The molecule has 1 atom stereocenters. The van der Waals surface area contributed by atoms with E-state index in [1.165, 1.54) is 25.7 Å². The Balaban J connectivity index is 1.84. The minimum atomic E-state index is 0.290. The molecule has 2 aromatic rings. The Hall–Kier alpha value is -1.71. The first-order valence-electron chi connectivity index (χ1n) is 6.97. The summed E-state index contributed by atoms with van der Waals surface area (Å²) in [6, 6.07) is 6.59. The summed E-state index contributed by atoms with van der Waals surface area (Å²) in [5, 5.41) is 3.46. The number of nitrogens with zero attached hydrogens (tertiary/aromatic N) is 1. The van der Waals surface area contributed by atoms with Crippen molar-refractivity contribution in [2.24, 2.45) is 5.41 Å². The van der Waals surface area contributed by atoms with Gasteiger partial charge in [0.15, 0.2) is 5.58 Å². The van der Waals surface area contributed by atoms with E-state index in [-0.39, 0.29) is 5.41 Å². The first-order valence-corrected chi connectivity index (χ1v) is 6.97. The lowest BCUT2D eigenvalue weighted by Crippen LogP contribution is -2.38. The molecule has 19 heavy (non-hydrogen) atoms. The number of nitrogen functional groups attached to an aromatic ring is 1. The van der Waals surface area contributed by atoms with Crippen LogP contribution in [0.3, 0.4) is 0 Å². The summed E-state index contributed by atoms with van der Waals surface area (Å²) in [7, 11) is 0. The van der Waals surface area contributed by atoms with Crippen molar-refractivity contribution in [3.8, 4) is 0 Å². The maximum atomic E-state index is 5.75. The molecule has 0 radical (unpaired) electrons. The van der Waals surface area contributed by atoms with Gasteiger partial charge in [0.05, 0.1) is 0 Å². The lowest BCUT2D eigenvalue weighted by molar-refractivity contribution is 0.214. The molecular formula is C15H21N3O. The van der Waals surface area contributed by atoms with Crippen molar-refractivity contribution in [3.63, 3.8) is 0 Å². The molecule has 0 saturated heterocycles. The van der Waals surface area contributed by atoms with Crippen molar-refractivity contribution in [1.82, 2.24) is 4.98 Å². The smallest absolute Gasteiger partial charge is 0.295 e. The van der Waals surface area contributed by atoms with Gasteiger partial charge in [0.2, 0.25) is 0 Å². The Morgan fingerprint density at radius 2 is 2.21 bits per heavy atom. The number of aromatic nitrogens is 1. The zero-order valence-corrected chi connectivity index (χ0v) is 11.6. The van der Waals surface area contributed by atoms with E-state index in [1.54, 1.807) is 0 Å². The fourth-order valence-corrected chi connectivity index (χ4v) is 2.91. The summed E-state index contributed by atoms with van der Waals surface area (Å²) < 4.78 is 5.74. The highest BCUT2D eigenvalue weighted by Gasteiger charge is 2.32. The summed E-state index contributed by atoms with van der Waals surface area (Å²) in [6.45, 7) is 4.62. The van der Waals surface area contributed by atoms with Crippen molar-refractivity contribution in [1.29, 1.82) is 0 Å². The fourth-order valence-electron chi connectivity index (χ4n) is 2.91. The third-order valence-corrected chi connectivity index (χ3v) is 4.22. The molecule has 1 saturated carbocycles. The van der Waals surface area contributed by atoms with Crippen molar-refractivity contribution < 1.29 is 4.42 Å². The molecule has 0 aliphatic heterocycles. The Kier molecular flexibility index (Phi) is 2.88. The number of hydrogen-bond donors (Lipinski definition) is 2. The summed E-state index contributed by atoms with van der Waals surface area (Å²) in [5.41, 5.74) is 8.34. The largest absolute Gasteiger partial charge is 0.423 e. The first kappa shape index (κ1) is 12.3. The van der Waals surface area contributed by atoms with Gasteiger partial charge >= 0.3 is 0 Å². The molecule has 102 valence electrons. The van der Waals surface area contributed by atoms with Crippen LogP contribution < -0.4 is 11.1 Å². The zero-order chi connectivity index (χ0) is 13.5. The monoisotopic (exact) mass is 259 g/mol. The molecule has 1 fully saturated rings. The van der Waals surface area contributed by atoms with Gasteiger partial charge in [-0.2, -0.15) is 4.98 Å². The van der Waals surface area contributed by atoms with Gasteiger partial charge in [0, 0.05) is 17.8 Å². The number of nitrogens with two attached hydrogens (primary N) is 1. The van der Waals surface area contributed by atoms with Crippen LogP contribution in [-0.4, -0.2) is 11.0 Å². The molecule has 0 amide bonds. The summed E-state index contributed by atoms with van der Waals surface area (Å²) in [4.78, 5) is 4.48. The van der Waals surface area contributed by atoms with Crippen LogP contribution in [0.25, 0.3) is 11.1 Å². The van der Waals surface area contributed by atoms with Gasteiger partial charge in [0.25, 0.3) is 6.01 Å². The van der Waals surface area contributed by atoms with Crippen molar-refractivity contribution in [2.45, 2.75) is 45.6 Å². The lowest BCUT2D eigenvalue weighted by Gasteiger charge is -2.38. The Morgan fingerprint density at radius 3 is 3.00 bits per heavy atom. The minimum absolute atomic E-state index is 0.290. The molecule has 1 heterocycles. The average Bonchev–Trinajstić information content (AvgIpc) is 2.73. The third kappa shape index (κ3) is 2.39. The molecule has 0 bridgehead atoms. The quantitative estimate of drug-likeness (QED) is 0.805. The van der Waals surface area contributed by atoms with E-state index in [0.29, 0.717) is 17.7 Å². The van der Waals surface area contributed by atoms with Gasteiger partial charge in [0.1, 0.15) is 5.52 Å². The van der Waals surface area contributed by atoms with Gasteiger partial charge < -0.3 is 15.5 Å². The fraction of sp³-hybridized carbons (Fsp3) is 0.533. The van der Waals surface area contributed by atoms with E-state index >= 15 is 0 Å². The number of nitrogens with one attached hydrogen (secondary N) is 1. The number of hydrogen-bond acceptors (Lipinski definition) is 4. The third-order valence-electron chi connectivity index (χ3n) is 4.22. The average molecular weight is 259 g/mol. The van der Waals surface area contributed by atoms with Crippen molar-refractivity contribution >= 4 is 22.8 Å². The highest BCUT2D eigenvalue weighted by atomic mass is 16.4. The standard InChI is InChI=1S/C15H21N3O/c1-15(2)8-4-3-5-13(15)18-14-17-11-7-6-10(16)9-12(11)19-14/h6-7,9,13H,3-5,8,16H2,1-2H3,(H,17,18). The number of oxazole rings is 1. The molecule has 4 nitrogen and oxygen atoms in total. The predicted octanol–water partition coefficient (Wildman–Crippen LogP) is 3.79. The number of fused-ring (bicyclic) bond motifs is 1. The zero-order valence-electron chi connectivity index (χ0n) is 11.6. The predicted molar refractivity (Wildman–Crippen MR) is 78.1 cm³/mol. The lowest BCUT2D eigenvalue weighted by atomic mass is 9.73. The molecule has 1 aliphatic carbocycles. The highest BCUT2D eigenvalue weighted by Crippen LogP contribution is 2.37. The SMILES string of the molecule is CC1(C)CCCCC1Nc1nc2ccc(N)cc2o1. The Labute approximate surface area is 113 Å². The van der Waals surface area contributed by atoms with E-state index in [4.69, 9.17) is 10.2 Å². The summed E-state index contributed by atoms with van der Waals surface area (Å²) in [5.74, 6) is 0. The van der Waals surface area contributed by atoms with Crippen LogP contribution in [0.2, 0.25) is 0 Å². The molecule has 0 spiro atoms. The second kappa shape index (κ2) is 4.44. The Morgan fingerprint density at radius 1 is 1.37 bits per heavy atom. The van der Waals surface area contributed by atoms with Gasteiger partial charge in [-0.25, -0.2) is 0 Å². The van der Waals surface area contributed by atoms with E-state index in [9.17, 15) is 0 Å². The molecular weight excluding hydrogens is 238 g/mol. The normalized spacial score (nSPS) is 22.5. The van der Waals surface area contributed by atoms with Crippen molar-refractivity contribution in [2.75, 3.05) is 11.1 Å². The van der Waals surface area contributed by atoms with Crippen LogP contribution in [0, 0.1) is 5.41 Å². The van der Waals surface area contributed by atoms with E-state index in [1.807, 2.05) is 18.2 Å². The van der Waals surface area contributed by atoms with Crippen LogP contribution in [-0.2, 0) is 0 Å². The molecule has 1 aromatic carbocycles. The first-order chi connectivity index (χ1) is 9.04. The second-order valence-corrected chi connectivity index (χ2v) is 6.18. The number of rotatable bonds is 2. The number of benzene rings is 1. The highest BCUT2D eigenvalue weighted by molar-refractivity contribution is 5.78. The topological polar surface area (TPSA) is 64.1 Å². The molecule has 3 rings (SSSR count). The van der Waals surface area contributed by atoms with Gasteiger partial charge in [-0.05, 0) is 30.4 Å². The van der Waals surface area contributed by atoms with Crippen LogP contribution in [0.15, 0.2) is 22.6 Å². The Bertz CT molecular complexity index is 588. The molecule has 3 N–H and O–H groups in total. The van der Waals surface area contributed by atoms with Crippen LogP contribution >= 0.6 is 0 Å². The minimum Gasteiger partial charge on any atom is -0.423 e. The van der Waals surface area contributed by atoms with E-state index in [2.05, 4.69) is 24.1 Å². The van der Waals surface area contributed by atoms with E-state index < -0.39 is 0 Å². The van der Waals surface area contributed by atoms with Crippen molar-refractivity contribution in [3.05, 3.63) is 18.2 Å². The van der Waals surface area contributed by atoms with Gasteiger partial charge in [-0.3, -0.25) is 0 Å². The second-order valence-electron chi connectivity index (χ2n) is 6.18. The summed E-state index contributed by atoms with van der Waals surface area (Å²) >= 11 is 0. The number of anilines is 2. The molecule has 4 heteroatoms. The maximum Gasteiger partial charge on any atom is 0.295 e. The molecule has 1 aromatic heterocycles. The van der Waals surface area contributed by atoms with Gasteiger partial charge in [-0.1, -0.05) is 26.7 Å². The van der Waals surface area contributed by atoms with Crippen LogP contribution in [0.5, 0.6) is 0 Å². The van der Waals surface area contributed by atoms with Gasteiger partial charge in [-0.15, -0.1) is 0 Å². The van der Waals surface area contributed by atoms with E-state index in [0.717, 1.165) is 11.1 Å². The molecule has 1 aliphatic rings. The van der Waals surface area contributed by atoms with Crippen LogP contribution in [0.4, 0.5) is 11.7 Å².